The topological polar surface area (TPSA) is 66.4 Å². The number of carboxylic acid groups (broad SMARTS) is 1. The smallest absolute Gasteiger partial charge is 0.306 e. The number of carboxylic acids is 1. The summed E-state index contributed by atoms with van der Waals surface area (Å²) in [7, 11) is 0. The molecule has 1 unspecified atom stereocenters. The molecule has 0 saturated heterocycles. The second-order valence-electron chi connectivity index (χ2n) is 3.89. The maximum absolute atomic E-state index is 13.5. The Morgan fingerprint density at radius 1 is 1.50 bits per heavy atom. The molecule has 0 aromatic heterocycles. The zero-order chi connectivity index (χ0) is 13.7. The predicted molar refractivity (Wildman–Crippen MR) is 65.2 cm³/mol. The molecular weight excluding hydrogens is 261 g/mol. The van der Waals surface area contributed by atoms with Gasteiger partial charge in [-0.05, 0) is 18.6 Å². The predicted octanol–water partition coefficient (Wildman–Crippen LogP) is 2.32. The highest BCUT2D eigenvalue weighted by Gasteiger charge is 2.15. The van der Waals surface area contributed by atoms with E-state index in [0.29, 0.717) is 0 Å². The van der Waals surface area contributed by atoms with Crippen LogP contribution >= 0.6 is 11.6 Å². The van der Waals surface area contributed by atoms with Crippen molar-refractivity contribution >= 4 is 23.5 Å². The third-order valence-corrected chi connectivity index (χ3v) is 2.77. The van der Waals surface area contributed by atoms with Crippen molar-refractivity contribution in [3.05, 3.63) is 34.6 Å². The Kier molecular flexibility index (Phi) is 5.09. The first kappa shape index (κ1) is 14.4. The first-order valence-corrected chi connectivity index (χ1v) is 5.76. The number of carbonyl (C=O) groups is 2. The number of hydrogen-bond acceptors (Lipinski definition) is 2. The second-order valence-corrected chi connectivity index (χ2v) is 4.29. The van der Waals surface area contributed by atoms with E-state index >= 15 is 0 Å². The van der Waals surface area contributed by atoms with E-state index in [1.165, 1.54) is 25.1 Å². The largest absolute Gasteiger partial charge is 0.481 e. The van der Waals surface area contributed by atoms with E-state index in [1.54, 1.807) is 0 Å². The highest BCUT2D eigenvalue weighted by atomic mass is 35.5. The van der Waals surface area contributed by atoms with Crippen LogP contribution in [0.25, 0.3) is 0 Å². The third-order valence-electron chi connectivity index (χ3n) is 2.48. The van der Waals surface area contributed by atoms with Gasteiger partial charge in [-0.1, -0.05) is 24.6 Å². The van der Waals surface area contributed by atoms with Crippen molar-refractivity contribution in [2.75, 3.05) is 6.54 Å². The van der Waals surface area contributed by atoms with Gasteiger partial charge in [-0.2, -0.15) is 0 Å². The number of rotatable bonds is 5. The van der Waals surface area contributed by atoms with Crippen LogP contribution in [0.3, 0.4) is 0 Å². The molecule has 1 aromatic rings. The maximum atomic E-state index is 13.5. The average molecular weight is 274 g/mol. The van der Waals surface area contributed by atoms with E-state index in [1.807, 2.05) is 0 Å². The first-order valence-electron chi connectivity index (χ1n) is 5.38. The van der Waals surface area contributed by atoms with Crippen LogP contribution in [-0.2, 0) is 4.79 Å². The number of nitrogens with one attached hydrogen (secondary N) is 1. The Bertz CT molecular complexity index is 465. The van der Waals surface area contributed by atoms with E-state index in [0.717, 1.165) is 0 Å². The molecular formula is C12H13ClFNO3. The molecule has 1 rings (SSSR count). The number of hydrogen-bond donors (Lipinski definition) is 2. The van der Waals surface area contributed by atoms with Crippen molar-refractivity contribution in [3.8, 4) is 0 Å². The number of amides is 1. The molecule has 0 spiro atoms. The number of benzene rings is 1. The minimum Gasteiger partial charge on any atom is -0.481 e. The zero-order valence-electron chi connectivity index (χ0n) is 9.74. The molecule has 4 nitrogen and oxygen atoms in total. The van der Waals surface area contributed by atoms with E-state index in [-0.39, 0.29) is 23.6 Å². The summed E-state index contributed by atoms with van der Waals surface area (Å²) in [4.78, 5) is 22.2. The summed E-state index contributed by atoms with van der Waals surface area (Å²) < 4.78 is 13.5. The van der Waals surface area contributed by atoms with E-state index in [9.17, 15) is 14.0 Å². The lowest BCUT2D eigenvalue weighted by Crippen LogP contribution is -2.27. The minimum atomic E-state index is -0.932. The molecule has 98 valence electrons. The van der Waals surface area contributed by atoms with Gasteiger partial charge in [0, 0.05) is 6.54 Å². The van der Waals surface area contributed by atoms with Crippen LogP contribution in [0.15, 0.2) is 18.2 Å². The van der Waals surface area contributed by atoms with Gasteiger partial charge in [0.1, 0.15) is 0 Å². The molecule has 0 bridgehead atoms. The van der Waals surface area contributed by atoms with Crippen LogP contribution < -0.4 is 5.32 Å². The SMILES string of the molecule is CC(CCNC(=O)c1cccc(Cl)c1F)C(=O)O. The van der Waals surface area contributed by atoms with Gasteiger partial charge in [-0.3, -0.25) is 9.59 Å². The van der Waals surface area contributed by atoms with Crippen molar-refractivity contribution in [1.82, 2.24) is 5.32 Å². The molecule has 0 aliphatic carbocycles. The molecule has 1 aromatic carbocycles. The van der Waals surface area contributed by atoms with E-state index < -0.39 is 23.6 Å². The van der Waals surface area contributed by atoms with E-state index in [2.05, 4.69) is 5.32 Å². The van der Waals surface area contributed by atoms with Gasteiger partial charge in [0.15, 0.2) is 5.82 Å². The zero-order valence-corrected chi connectivity index (χ0v) is 10.5. The Morgan fingerprint density at radius 2 is 2.17 bits per heavy atom. The second kappa shape index (κ2) is 6.35. The van der Waals surface area contributed by atoms with Gasteiger partial charge in [0.05, 0.1) is 16.5 Å². The fraction of sp³-hybridized carbons (Fsp3) is 0.333. The molecule has 0 heterocycles. The van der Waals surface area contributed by atoms with Crippen LogP contribution in [0, 0.1) is 11.7 Å². The lowest BCUT2D eigenvalue weighted by Gasteiger charge is -2.08. The van der Waals surface area contributed by atoms with Crippen LogP contribution in [-0.4, -0.2) is 23.5 Å². The normalized spacial score (nSPS) is 11.9. The van der Waals surface area contributed by atoms with Crippen molar-refractivity contribution < 1.29 is 19.1 Å². The molecule has 1 amide bonds. The molecule has 0 aliphatic heterocycles. The highest BCUT2D eigenvalue weighted by molar-refractivity contribution is 6.31. The minimum absolute atomic E-state index is 0.124. The molecule has 0 fully saturated rings. The summed E-state index contributed by atoms with van der Waals surface area (Å²) in [5.74, 6) is -2.87. The number of aliphatic carboxylic acids is 1. The fourth-order valence-corrected chi connectivity index (χ4v) is 1.47. The van der Waals surface area contributed by atoms with Crippen molar-refractivity contribution in [1.29, 1.82) is 0 Å². The van der Waals surface area contributed by atoms with Crippen molar-refractivity contribution in [2.24, 2.45) is 5.92 Å². The van der Waals surface area contributed by atoms with Crippen LogP contribution in [0.2, 0.25) is 5.02 Å². The van der Waals surface area contributed by atoms with Crippen LogP contribution in [0.1, 0.15) is 23.7 Å². The van der Waals surface area contributed by atoms with Gasteiger partial charge in [-0.15, -0.1) is 0 Å². The standard InChI is InChI=1S/C12H13ClFNO3/c1-7(12(17)18)5-6-15-11(16)8-3-2-4-9(13)10(8)14/h2-4,7H,5-6H2,1H3,(H,15,16)(H,17,18). The molecule has 0 aliphatic rings. The van der Waals surface area contributed by atoms with Gasteiger partial charge in [-0.25, -0.2) is 4.39 Å². The van der Waals surface area contributed by atoms with Gasteiger partial charge < -0.3 is 10.4 Å². The van der Waals surface area contributed by atoms with E-state index in [4.69, 9.17) is 16.7 Å². The monoisotopic (exact) mass is 273 g/mol. The maximum Gasteiger partial charge on any atom is 0.306 e. The highest BCUT2D eigenvalue weighted by Crippen LogP contribution is 2.17. The summed E-state index contributed by atoms with van der Waals surface area (Å²) in [5.41, 5.74) is -0.148. The summed E-state index contributed by atoms with van der Waals surface area (Å²) in [6.45, 7) is 1.70. The molecule has 18 heavy (non-hydrogen) atoms. The Hall–Kier alpha value is -1.62. The lowest BCUT2D eigenvalue weighted by atomic mass is 10.1. The summed E-state index contributed by atoms with van der Waals surface area (Å²) in [5, 5.41) is 11.0. The molecule has 0 saturated carbocycles. The van der Waals surface area contributed by atoms with Gasteiger partial charge in [0.25, 0.3) is 5.91 Å². The quantitative estimate of drug-likeness (QED) is 0.865. The summed E-state index contributed by atoms with van der Waals surface area (Å²) in [6.07, 6.45) is 0.281. The van der Waals surface area contributed by atoms with Gasteiger partial charge >= 0.3 is 5.97 Å². The summed E-state index contributed by atoms with van der Waals surface area (Å²) >= 11 is 5.55. The molecule has 1 atom stereocenters. The van der Waals surface area contributed by atoms with Crippen molar-refractivity contribution in [2.45, 2.75) is 13.3 Å². The Morgan fingerprint density at radius 3 is 2.78 bits per heavy atom. The number of carbonyl (C=O) groups excluding carboxylic acids is 1. The summed E-state index contributed by atoms with van der Waals surface area (Å²) in [6, 6.07) is 4.14. The Labute approximate surface area is 109 Å². The molecule has 2 N–H and O–H groups in total. The molecule has 0 radical (unpaired) electrons. The van der Waals surface area contributed by atoms with Crippen molar-refractivity contribution in [3.63, 3.8) is 0 Å². The Balaban J connectivity index is 2.56. The van der Waals surface area contributed by atoms with Crippen LogP contribution in [0.5, 0.6) is 0 Å². The van der Waals surface area contributed by atoms with Crippen LogP contribution in [0.4, 0.5) is 4.39 Å². The lowest BCUT2D eigenvalue weighted by molar-refractivity contribution is -0.141. The number of halogens is 2. The fourth-order valence-electron chi connectivity index (χ4n) is 1.30. The molecule has 6 heteroatoms. The van der Waals surface area contributed by atoms with Gasteiger partial charge in [0.2, 0.25) is 0 Å². The average Bonchev–Trinajstić information content (AvgIpc) is 2.32. The third kappa shape index (κ3) is 3.70. The first-order chi connectivity index (χ1) is 8.43.